The lowest BCUT2D eigenvalue weighted by Gasteiger charge is -2.25. The first-order valence-corrected chi connectivity index (χ1v) is 10.1. The third-order valence-electron chi connectivity index (χ3n) is 5.26. The molecule has 30 heavy (non-hydrogen) atoms. The van der Waals surface area contributed by atoms with Gasteiger partial charge < -0.3 is 10.0 Å². The number of aliphatic hydroxyl groups is 1. The van der Waals surface area contributed by atoms with Crippen molar-refractivity contribution >= 4 is 29.1 Å². The second kappa shape index (κ2) is 8.56. The molecule has 1 aliphatic heterocycles. The van der Waals surface area contributed by atoms with Crippen LogP contribution in [0.25, 0.3) is 5.76 Å². The number of likely N-dealkylation sites (tertiary alicyclic amines) is 1. The fourth-order valence-corrected chi connectivity index (χ4v) is 3.87. The van der Waals surface area contributed by atoms with Gasteiger partial charge in [-0.2, -0.15) is 0 Å². The van der Waals surface area contributed by atoms with Gasteiger partial charge in [-0.1, -0.05) is 84.4 Å². The van der Waals surface area contributed by atoms with Crippen molar-refractivity contribution in [2.75, 3.05) is 6.54 Å². The number of halogens is 1. The summed E-state index contributed by atoms with van der Waals surface area (Å²) in [5.74, 6) is -1.45. The lowest BCUT2D eigenvalue weighted by Crippen LogP contribution is -2.31. The molecule has 0 aliphatic carbocycles. The molecule has 1 saturated heterocycles. The number of nitrogens with zero attached hydrogens (tertiary/aromatic N) is 1. The molecule has 150 valence electrons. The van der Waals surface area contributed by atoms with Crippen LogP contribution in [0, 0.1) is 0 Å². The zero-order chi connectivity index (χ0) is 21.1. The van der Waals surface area contributed by atoms with Crippen LogP contribution >= 0.6 is 11.6 Å². The van der Waals surface area contributed by atoms with Gasteiger partial charge in [0.1, 0.15) is 5.76 Å². The summed E-state index contributed by atoms with van der Waals surface area (Å²) in [6.07, 6.45) is 0.601. The fraction of sp³-hybridized carbons (Fsp3) is 0.120. The van der Waals surface area contributed by atoms with Gasteiger partial charge in [0.2, 0.25) is 0 Å². The molecule has 0 spiro atoms. The summed E-state index contributed by atoms with van der Waals surface area (Å²) in [6.45, 7) is 0.355. The minimum atomic E-state index is -0.677. The molecule has 4 nitrogen and oxygen atoms in total. The highest BCUT2D eigenvalue weighted by molar-refractivity contribution is 6.46. The quantitative estimate of drug-likeness (QED) is 0.361. The average Bonchev–Trinajstić information content (AvgIpc) is 3.04. The van der Waals surface area contributed by atoms with Gasteiger partial charge in [-0.15, -0.1) is 0 Å². The SMILES string of the molecule is O=C1C(=O)N(CCc2ccccc2)[C@@H](c2ccc(Cl)cc2)/C1=C(\O)c1ccccc1. The summed E-state index contributed by atoms with van der Waals surface area (Å²) in [4.78, 5) is 27.4. The Bertz CT molecular complexity index is 1090. The van der Waals surface area contributed by atoms with Crippen LogP contribution in [0.2, 0.25) is 5.02 Å². The van der Waals surface area contributed by atoms with E-state index in [2.05, 4.69) is 0 Å². The number of Topliss-reactive ketones (excluding diaryl/α,β-unsaturated/α-hetero) is 1. The van der Waals surface area contributed by atoms with Crippen LogP contribution in [-0.4, -0.2) is 28.2 Å². The Labute approximate surface area is 180 Å². The number of ketones is 1. The lowest BCUT2D eigenvalue weighted by atomic mass is 9.95. The molecule has 0 unspecified atom stereocenters. The molecule has 0 saturated carbocycles. The number of rotatable bonds is 5. The van der Waals surface area contributed by atoms with Crippen LogP contribution in [0.5, 0.6) is 0 Å². The van der Waals surface area contributed by atoms with E-state index < -0.39 is 17.7 Å². The first kappa shape index (κ1) is 19.9. The highest BCUT2D eigenvalue weighted by Gasteiger charge is 2.45. The number of aliphatic hydroxyl groups excluding tert-OH is 1. The number of carbonyl (C=O) groups is 2. The van der Waals surface area contributed by atoms with Crippen LogP contribution in [0.15, 0.2) is 90.5 Å². The van der Waals surface area contributed by atoms with Crippen molar-refractivity contribution < 1.29 is 14.7 Å². The molecule has 1 heterocycles. The minimum absolute atomic E-state index is 0.0987. The van der Waals surface area contributed by atoms with Gasteiger partial charge in [-0.05, 0) is 29.7 Å². The molecular weight excluding hydrogens is 398 g/mol. The predicted molar refractivity (Wildman–Crippen MR) is 117 cm³/mol. The van der Waals surface area contributed by atoms with Crippen molar-refractivity contribution in [3.8, 4) is 0 Å². The number of carbonyl (C=O) groups excluding carboxylic acids is 2. The first-order valence-electron chi connectivity index (χ1n) is 9.69. The monoisotopic (exact) mass is 417 g/mol. The molecule has 1 N–H and O–H groups in total. The Morgan fingerprint density at radius 2 is 1.47 bits per heavy atom. The lowest BCUT2D eigenvalue weighted by molar-refractivity contribution is -0.139. The largest absolute Gasteiger partial charge is 0.507 e. The second-order valence-corrected chi connectivity index (χ2v) is 7.58. The van der Waals surface area contributed by atoms with E-state index in [1.807, 2.05) is 36.4 Å². The van der Waals surface area contributed by atoms with Crippen molar-refractivity contribution in [2.24, 2.45) is 0 Å². The van der Waals surface area contributed by atoms with E-state index in [0.717, 1.165) is 11.1 Å². The maximum atomic E-state index is 13.0. The average molecular weight is 418 g/mol. The van der Waals surface area contributed by atoms with Crippen molar-refractivity contribution in [1.82, 2.24) is 4.90 Å². The van der Waals surface area contributed by atoms with Crippen LogP contribution in [0.3, 0.4) is 0 Å². The number of amides is 1. The highest BCUT2D eigenvalue weighted by Crippen LogP contribution is 2.39. The van der Waals surface area contributed by atoms with Crippen molar-refractivity contribution in [1.29, 1.82) is 0 Å². The zero-order valence-corrected chi connectivity index (χ0v) is 16.9. The van der Waals surface area contributed by atoms with Gasteiger partial charge in [-0.25, -0.2) is 0 Å². The highest BCUT2D eigenvalue weighted by atomic mass is 35.5. The van der Waals surface area contributed by atoms with E-state index in [1.165, 1.54) is 4.90 Å². The summed E-state index contributed by atoms with van der Waals surface area (Å²) in [6, 6.07) is 24.9. The van der Waals surface area contributed by atoms with E-state index in [9.17, 15) is 14.7 Å². The standard InChI is InChI=1S/C25H20ClNO3/c26-20-13-11-18(12-14-20)22-21(23(28)19-9-5-2-6-10-19)24(29)25(30)27(22)16-15-17-7-3-1-4-8-17/h1-14,22,28H,15-16H2/b23-21+/t22-/m0/s1. The maximum absolute atomic E-state index is 13.0. The van der Waals surface area contributed by atoms with Gasteiger partial charge in [-0.3, -0.25) is 9.59 Å². The summed E-state index contributed by atoms with van der Waals surface area (Å²) in [5.41, 5.74) is 2.39. The van der Waals surface area contributed by atoms with Crippen LogP contribution in [-0.2, 0) is 16.0 Å². The van der Waals surface area contributed by atoms with Crippen molar-refractivity contribution in [2.45, 2.75) is 12.5 Å². The fourth-order valence-electron chi connectivity index (χ4n) is 3.75. The summed E-state index contributed by atoms with van der Waals surface area (Å²) < 4.78 is 0. The molecule has 4 rings (SSSR count). The Kier molecular flexibility index (Phi) is 5.68. The Morgan fingerprint density at radius 1 is 0.867 bits per heavy atom. The number of benzene rings is 3. The van der Waals surface area contributed by atoms with Crippen molar-refractivity contribution in [3.05, 3.63) is 112 Å². The summed E-state index contributed by atoms with van der Waals surface area (Å²) in [7, 11) is 0. The molecular formula is C25H20ClNO3. The molecule has 1 aliphatic rings. The van der Waals surface area contributed by atoms with Crippen LogP contribution in [0.4, 0.5) is 0 Å². The molecule has 0 bridgehead atoms. The molecule has 1 fully saturated rings. The summed E-state index contributed by atoms with van der Waals surface area (Å²) in [5, 5.41) is 11.5. The van der Waals surface area contributed by atoms with Gasteiger partial charge in [0.25, 0.3) is 11.7 Å². The second-order valence-electron chi connectivity index (χ2n) is 7.15. The van der Waals surface area contributed by atoms with Crippen LogP contribution in [0.1, 0.15) is 22.7 Å². The molecule has 1 amide bonds. The van der Waals surface area contributed by atoms with E-state index >= 15 is 0 Å². The van der Waals surface area contributed by atoms with Gasteiger partial charge in [0.05, 0.1) is 11.6 Å². The Morgan fingerprint density at radius 3 is 2.10 bits per heavy atom. The Hall–Kier alpha value is -3.37. The van der Waals surface area contributed by atoms with E-state index in [1.54, 1.807) is 48.5 Å². The minimum Gasteiger partial charge on any atom is -0.507 e. The molecule has 3 aromatic carbocycles. The predicted octanol–water partition coefficient (Wildman–Crippen LogP) is 5.00. The molecule has 3 aromatic rings. The van der Waals surface area contributed by atoms with E-state index in [0.29, 0.717) is 23.6 Å². The Balaban J connectivity index is 1.78. The number of hydrogen-bond donors (Lipinski definition) is 1. The molecule has 0 radical (unpaired) electrons. The smallest absolute Gasteiger partial charge is 0.295 e. The van der Waals surface area contributed by atoms with E-state index in [4.69, 9.17) is 11.6 Å². The third kappa shape index (κ3) is 3.87. The molecule has 1 atom stereocenters. The van der Waals surface area contributed by atoms with Crippen molar-refractivity contribution in [3.63, 3.8) is 0 Å². The summed E-state index contributed by atoms with van der Waals surface area (Å²) >= 11 is 6.04. The third-order valence-corrected chi connectivity index (χ3v) is 5.51. The van der Waals surface area contributed by atoms with Gasteiger partial charge >= 0.3 is 0 Å². The normalized spacial score (nSPS) is 18.0. The molecule has 0 aromatic heterocycles. The zero-order valence-electron chi connectivity index (χ0n) is 16.2. The first-order chi connectivity index (χ1) is 14.6. The van der Waals surface area contributed by atoms with Gasteiger partial charge in [0.15, 0.2) is 0 Å². The number of hydrogen-bond acceptors (Lipinski definition) is 3. The molecule has 5 heteroatoms. The van der Waals surface area contributed by atoms with Gasteiger partial charge in [0, 0.05) is 17.1 Å². The van der Waals surface area contributed by atoms with Crippen LogP contribution < -0.4 is 0 Å². The topological polar surface area (TPSA) is 57.6 Å². The maximum Gasteiger partial charge on any atom is 0.295 e. The van der Waals surface area contributed by atoms with E-state index in [-0.39, 0.29) is 11.3 Å².